The highest BCUT2D eigenvalue weighted by Crippen LogP contribution is 2.31. The van der Waals surface area contributed by atoms with Gasteiger partial charge in [0.05, 0.1) is 11.7 Å². The number of nitrogens with zero attached hydrogens (tertiary/aromatic N) is 1. The maximum Gasteiger partial charge on any atom is 0.251 e. The molecule has 0 aromatic heterocycles. The first-order chi connectivity index (χ1) is 11.5. The normalized spacial score (nSPS) is 16.6. The van der Waals surface area contributed by atoms with Crippen molar-refractivity contribution in [2.24, 2.45) is 0 Å². The number of carbonyl (C=O) groups is 1. The standard InChI is InChI=1S/C18H20ClN3O2/c1-22(24)21-15-8-5-12(6-9-15)18(23)20-17-4-2-3-13-11-14(19)7-10-16(13)17/h5-11,17,21,24H,2-4H2,1H3,(H,20,23). The van der Waals surface area contributed by atoms with E-state index in [9.17, 15) is 4.79 Å². The van der Waals surface area contributed by atoms with Gasteiger partial charge in [0.25, 0.3) is 5.91 Å². The summed E-state index contributed by atoms with van der Waals surface area (Å²) in [5.74, 6) is -0.105. The molecule has 0 heterocycles. The van der Waals surface area contributed by atoms with Gasteiger partial charge in [0.1, 0.15) is 0 Å². The molecular weight excluding hydrogens is 326 g/mol. The molecule has 1 unspecified atom stereocenters. The Labute approximate surface area is 146 Å². The second-order valence-corrected chi connectivity index (χ2v) is 6.41. The highest BCUT2D eigenvalue weighted by atomic mass is 35.5. The fourth-order valence-electron chi connectivity index (χ4n) is 3.06. The number of hydrazine groups is 1. The van der Waals surface area contributed by atoms with Crippen molar-refractivity contribution < 1.29 is 10.0 Å². The van der Waals surface area contributed by atoms with E-state index in [1.165, 1.54) is 12.6 Å². The smallest absolute Gasteiger partial charge is 0.251 e. The SMILES string of the molecule is CN(O)Nc1ccc(C(=O)NC2CCCc3cc(Cl)ccc32)cc1. The van der Waals surface area contributed by atoms with E-state index >= 15 is 0 Å². The Morgan fingerprint density at radius 2 is 2.00 bits per heavy atom. The van der Waals surface area contributed by atoms with Gasteiger partial charge in [-0.3, -0.25) is 15.4 Å². The molecule has 0 fully saturated rings. The van der Waals surface area contributed by atoms with Crippen molar-refractivity contribution in [3.05, 3.63) is 64.2 Å². The van der Waals surface area contributed by atoms with E-state index in [0.717, 1.165) is 35.0 Å². The predicted octanol–water partition coefficient (Wildman–Crippen LogP) is 3.80. The molecular formula is C18H20ClN3O2. The van der Waals surface area contributed by atoms with Crippen molar-refractivity contribution in [3.8, 4) is 0 Å². The predicted molar refractivity (Wildman–Crippen MR) is 94.2 cm³/mol. The van der Waals surface area contributed by atoms with Crippen LogP contribution in [0.1, 0.15) is 40.4 Å². The number of hydrogen-bond acceptors (Lipinski definition) is 4. The molecule has 1 aliphatic rings. The number of benzene rings is 2. The summed E-state index contributed by atoms with van der Waals surface area (Å²) in [4.78, 5) is 12.5. The second-order valence-electron chi connectivity index (χ2n) is 5.97. The van der Waals surface area contributed by atoms with E-state index < -0.39 is 0 Å². The van der Waals surface area contributed by atoms with E-state index in [0.29, 0.717) is 11.3 Å². The van der Waals surface area contributed by atoms with Crippen LogP contribution in [0.4, 0.5) is 5.69 Å². The number of fused-ring (bicyclic) bond motifs is 1. The Bertz CT molecular complexity index is 732. The van der Waals surface area contributed by atoms with Crippen LogP contribution in [0.2, 0.25) is 5.02 Å². The van der Waals surface area contributed by atoms with Crippen LogP contribution in [-0.4, -0.2) is 23.3 Å². The summed E-state index contributed by atoms with van der Waals surface area (Å²) in [6.45, 7) is 0. The van der Waals surface area contributed by atoms with E-state index in [1.807, 2.05) is 18.2 Å². The minimum atomic E-state index is -0.105. The third kappa shape index (κ3) is 3.87. The Kier molecular flexibility index (Phi) is 5.04. The van der Waals surface area contributed by atoms with E-state index in [-0.39, 0.29) is 11.9 Å². The third-order valence-electron chi connectivity index (χ3n) is 4.16. The fourth-order valence-corrected chi connectivity index (χ4v) is 3.25. The van der Waals surface area contributed by atoms with Crippen molar-refractivity contribution in [2.75, 3.05) is 12.5 Å². The Hall–Kier alpha value is -2.08. The lowest BCUT2D eigenvalue weighted by Crippen LogP contribution is -2.31. The van der Waals surface area contributed by atoms with E-state index in [4.69, 9.17) is 16.8 Å². The number of halogens is 1. The number of hydroxylamine groups is 1. The molecule has 3 rings (SSSR count). The van der Waals surface area contributed by atoms with Crippen LogP contribution in [0.3, 0.4) is 0 Å². The van der Waals surface area contributed by atoms with Gasteiger partial charge in [0, 0.05) is 17.6 Å². The van der Waals surface area contributed by atoms with Crippen LogP contribution < -0.4 is 10.7 Å². The summed E-state index contributed by atoms with van der Waals surface area (Å²) in [5.41, 5.74) is 6.37. The molecule has 0 aliphatic heterocycles. The first kappa shape index (κ1) is 16.8. The molecule has 0 bridgehead atoms. The van der Waals surface area contributed by atoms with Crippen LogP contribution in [0.25, 0.3) is 0 Å². The minimum Gasteiger partial charge on any atom is -0.345 e. The molecule has 126 valence electrons. The first-order valence-corrected chi connectivity index (χ1v) is 8.29. The van der Waals surface area contributed by atoms with Crippen LogP contribution in [-0.2, 0) is 6.42 Å². The first-order valence-electron chi connectivity index (χ1n) is 7.91. The Balaban J connectivity index is 1.72. The highest BCUT2D eigenvalue weighted by Gasteiger charge is 2.22. The average molecular weight is 346 g/mol. The lowest BCUT2D eigenvalue weighted by Gasteiger charge is -2.26. The number of rotatable bonds is 4. The van der Waals surface area contributed by atoms with E-state index in [2.05, 4.69) is 10.7 Å². The molecule has 0 saturated heterocycles. The zero-order chi connectivity index (χ0) is 17.1. The van der Waals surface area contributed by atoms with Gasteiger partial charge in [0.15, 0.2) is 0 Å². The Morgan fingerprint density at radius 1 is 1.25 bits per heavy atom. The molecule has 1 atom stereocenters. The topological polar surface area (TPSA) is 64.6 Å². The molecule has 1 amide bonds. The van der Waals surface area contributed by atoms with Gasteiger partial charge in [0.2, 0.25) is 0 Å². The summed E-state index contributed by atoms with van der Waals surface area (Å²) < 4.78 is 0. The lowest BCUT2D eigenvalue weighted by atomic mass is 9.87. The van der Waals surface area contributed by atoms with Crippen LogP contribution in [0, 0.1) is 0 Å². The number of nitrogens with one attached hydrogen (secondary N) is 2. The van der Waals surface area contributed by atoms with Gasteiger partial charge in [-0.2, -0.15) is 0 Å². The average Bonchev–Trinajstić information content (AvgIpc) is 2.55. The van der Waals surface area contributed by atoms with Crippen LogP contribution >= 0.6 is 11.6 Å². The second kappa shape index (κ2) is 7.21. The molecule has 2 aromatic rings. The molecule has 3 N–H and O–H groups in total. The van der Waals surface area contributed by atoms with Gasteiger partial charge in [-0.15, -0.1) is 5.17 Å². The number of carbonyl (C=O) groups excluding carboxylic acids is 1. The van der Waals surface area contributed by atoms with Gasteiger partial charge >= 0.3 is 0 Å². The summed E-state index contributed by atoms with van der Waals surface area (Å²) in [5, 5.41) is 13.8. The number of amides is 1. The molecule has 2 aromatic carbocycles. The van der Waals surface area contributed by atoms with Gasteiger partial charge in [-0.25, -0.2) is 0 Å². The monoisotopic (exact) mass is 345 g/mol. The fraction of sp³-hybridized carbons (Fsp3) is 0.278. The van der Waals surface area contributed by atoms with Crippen LogP contribution in [0.5, 0.6) is 0 Å². The molecule has 6 heteroatoms. The lowest BCUT2D eigenvalue weighted by molar-refractivity contribution is -0.0385. The van der Waals surface area contributed by atoms with Crippen molar-refractivity contribution in [3.63, 3.8) is 0 Å². The Morgan fingerprint density at radius 3 is 2.71 bits per heavy atom. The van der Waals surface area contributed by atoms with Crippen LogP contribution in [0.15, 0.2) is 42.5 Å². The van der Waals surface area contributed by atoms with E-state index in [1.54, 1.807) is 24.3 Å². The molecule has 0 spiro atoms. The maximum absolute atomic E-state index is 12.5. The zero-order valence-corrected chi connectivity index (χ0v) is 14.2. The molecule has 1 aliphatic carbocycles. The van der Waals surface area contributed by atoms with Gasteiger partial charge in [-0.05, 0) is 66.8 Å². The van der Waals surface area contributed by atoms with Crippen molar-refractivity contribution in [2.45, 2.75) is 25.3 Å². The van der Waals surface area contributed by atoms with Crippen molar-refractivity contribution in [1.82, 2.24) is 10.5 Å². The largest absolute Gasteiger partial charge is 0.345 e. The van der Waals surface area contributed by atoms with Crippen molar-refractivity contribution in [1.29, 1.82) is 0 Å². The quantitative estimate of drug-likeness (QED) is 0.737. The summed E-state index contributed by atoms with van der Waals surface area (Å²) in [7, 11) is 1.48. The third-order valence-corrected chi connectivity index (χ3v) is 4.40. The van der Waals surface area contributed by atoms with Crippen molar-refractivity contribution >= 4 is 23.2 Å². The highest BCUT2D eigenvalue weighted by molar-refractivity contribution is 6.30. The molecule has 5 nitrogen and oxygen atoms in total. The molecule has 0 radical (unpaired) electrons. The number of hydrogen-bond donors (Lipinski definition) is 3. The summed E-state index contributed by atoms with van der Waals surface area (Å²) in [6, 6.07) is 12.8. The molecule has 24 heavy (non-hydrogen) atoms. The molecule has 0 saturated carbocycles. The number of aryl methyl sites for hydroxylation is 1. The number of anilines is 1. The van der Waals surface area contributed by atoms with Gasteiger partial charge < -0.3 is 5.32 Å². The summed E-state index contributed by atoms with van der Waals surface area (Å²) >= 11 is 6.06. The van der Waals surface area contributed by atoms with Gasteiger partial charge in [-0.1, -0.05) is 17.7 Å². The maximum atomic E-state index is 12.5. The zero-order valence-electron chi connectivity index (χ0n) is 13.4. The minimum absolute atomic E-state index is 0.0138. The summed E-state index contributed by atoms with van der Waals surface area (Å²) in [6.07, 6.45) is 2.95.